The Balaban J connectivity index is 1.66. The number of benzene rings is 1. The molecule has 0 amide bonds. The summed E-state index contributed by atoms with van der Waals surface area (Å²) in [5, 5.41) is 3.31. The lowest BCUT2D eigenvalue weighted by Crippen LogP contribution is -2.52. The zero-order chi connectivity index (χ0) is 16.4. The second-order valence-electron chi connectivity index (χ2n) is 6.01. The summed E-state index contributed by atoms with van der Waals surface area (Å²) in [5.41, 5.74) is 0.979. The van der Waals surface area contributed by atoms with E-state index in [4.69, 9.17) is 23.2 Å². The summed E-state index contributed by atoms with van der Waals surface area (Å²) < 4.78 is 23.1. The van der Waals surface area contributed by atoms with Crippen molar-refractivity contribution >= 4 is 40.2 Å². The number of nitrogens with zero attached hydrogens (tertiary/aromatic N) is 3. The zero-order valence-electron chi connectivity index (χ0n) is 12.8. The molecular formula is C15H21Cl2N3O2S. The van der Waals surface area contributed by atoms with E-state index in [2.05, 4.69) is 4.90 Å². The number of rotatable bonds is 4. The molecule has 2 saturated heterocycles. The first kappa shape index (κ1) is 17.5. The van der Waals surface area contributed by atoms with Gasteiger partial charge in [-0.25, -0.2) is 9.22 Å². The van der Waals surface area contributed by atoms with Crippen molar-refractivity contribution in [1.82, 2.24) is 9.42 Å². The molecule has 1 aromatic rings. The molecule has 1 unspecified atom stereocenters. The molecule has 0 aliphatic carbocycles. The van der Waals surface area contributed by atoms with Crippen molar-refractivity contribution in [3.8, 4) is 0 Å². The van der Waals surface area contributed by atoms with E-state index in [-0.39, 0.29) is 6.04 Å². The van der Waals surface area contributed by atoms with Gasteiger partial charge < -0.3 is 4.90 Å². The molecule has 0 radical (unpaired) electrons. The van der Waals surface area contributed by atoms with Crippen LogP contribution in [0.3, 0.4) is 0 Å². The first-order chi connectivity index (χ1) is 11.1. The normalized spacial score (nSPS) is 22.0. The van der Waals surface area contributed by atoms with Crippen LogP contribution in [-0.2, 0) is 11.3 Å². The molecule has 5 nitrogen and oxygen atoms in total. The topological polar surface area (TPSA) is 47.0 Å². The minimum absolute atomic E-state index is 0.0984. The van der Waals surface area contributed by atoms with Crippen LogP contribution in [0.25, 0.3) is 0 Å². The average Bonchev–Trinajstić information content (AvgIpc) is 3.02. The van der Waals surface area contributed by atoms with Crippen LogP contribution in [0, 0.1) is 0 Å². The summed E-state index contributed by atoms with van der Waals surface area (Å²) in [4.78, 5) is 2.22. The predicted molar refractivity (Wildman–Crippen MR) is 95.1 cm³/mol. The largest absolute Gasteiger partial charge is 0.370 e. The minimum Gasteiger partial charge on any atom is -0.370 e. The lowest BCUT2D eigenvalue weighted by molar-refractivity contribution is 0.0361. The second-order valence-corrected chi connectivity index (χ2v) is 7.69. The van der Waals surface area contributed by atoms with Crippen molar-refractivity contribution in [2.24, 2.45) is 0 Å². The van der Waals surface area contributed by atoms with E-state index in [0.717, 1.165) is 57.5 Å². The Morgan fingerprint density at radius 2 is 1.78 bits per heavy atom. The second kappa shape index (κ2) is 7.68. The molecule has 2 heterocycles. The van der Waals surface area contributed by atoms with E-state index in [9.17, 15) is 8.76 Å². The maximum Gasteiger partial charge on any atom is 0.249 e. The van der Waals surface area contributed by atoms with Gasteiger partial charge in [-0.05, 0) is 43.9 Å². The number of halogens is 2. The number of piperidine rings is 1. The number of hydrogen-bond donors (Lipinski definition) is 1. The van der Waals surface area contributed by atoms with Crippen molar-refractivity contribution in [1.29, 1.82) is 0 Å². The molecule has 3 rings (SSSR count). The maximum atomic E-state index is 11.8. The van der Waals surface area contributed by atoms with E-state index in [1.54, 1.807) is 10.5 Å². The van der Waals surface area contributed by atoms with Crippen LogP contribution >= 0.6 is 23.2 Å². The van der Waals surface area contributed by atoms with Crippen LogP contribution in [0.1, 0.15) is 25.7 Å². The SMILES string of the molecule is O=S(O)N(C1CCN(c2ccc(Cl)cc2Cl)CC1)N1CCCC1. The maximum absolute atomic E-state index is 11.8. The summed E-state index contributed by atoms with van der Waals surface area (Å²) in [6, 6.07) is 5.63. The predicted octanol–water partition coefficient (Wildman–Crippen LogP) is 3.41. The molecule has 8 heteroatoms. The minimum atomic E-state index is -1.96. The lowest BCUT2D eigenvalue weighted by atomic mass is 10.0. The van der Waals surface area contributed by atoms with Gasteiger partial charge in [-0.3, -0.25) is 4.55 Å². The fourth-order valence-electron chi connectivity index (χ4n) is 3.42. The molecule has 0 aromatic heterocycles. The summed E-state index contributed by atoms with van der Waals surface area (Å²) in [6.45, 7) is 3.37. The molecule has 23 heavy (non-hydrogen) atoms. The van der Waals surface area contributed by atoms with Crippen LogP contribution in [0.15, 0.2) is 18.2 Å². The van der Waals surface area contributed by atoms with Crippen molar-refractivity contribution in [2.45, 2.75) is 31.7 Å². The Hall–Kier alpha value is -0.370. The van der Waals surface area contributed by atoms with Gasteiger partial charge >= 0.3 is 0 Å². The van der Waals surface area contributed by atoms with Crippen molar-refractivity contribution in [2.75, 3.05) is 31.1 Å². The molecular weight excluding hydrogens is 357 g/mol. The highest BCUT2D eigenvalue weighted by molar-refractivity contribution is 7.76. The summed E-state index contributed by atoms with van der Waals surface area (Å²) >= 11 is 10.3. The number of hydrogen-bond acceptors (Lipinski definition) is 3. The third-order valence-corrected chi connectivity index (χ3v) is 5.94. The van der Waals surface area contributed by atoms with Gasteiger partial charge in [0.05, 0.1) is 10.7 Å². The fourth-order valence-corrected chi connectivity index (χ4v) is 4.77. The first-order valence-electron chi connectivity index (χ1n) is 7.91. The molecule has 1 N–H and O–H groups in total. The number of hydrazine groups is 1. The summed E-state index contributed by atoms with van der Waals surface area (Å²) in [7, 11) is 0. The molecule has 128 valence electrons. The highest BCUT2D eigenvalue weighted by atomic mass is 35.5. The van der Waals surface area contributed by atoms with E-state index >= 15 is 0 Å². The third kappa shape index (κ3) is 4.00. The van der Waals surface area contributed by atoms with Crippen LogP contribution < -0.4 is 4.90 Å². The molecule has 2 aliphatic rings. The van der Waals surface area contributed by atoms with E-state index in [0.29, 0.717) is 10.0 Å². The Labute approximate surface area is 149 Å². The highest BCUT2D eigenvalue weighted by Gasteiger charge is 2.33. The molecule has 0 bridgehead atoms. The highest BCUT2D eigenvalue weighted by Crippen LogP contribution is 2.32. The molecule has 2 aliphatic heterocycles. The lowest BCUT2D eigenvalue weighted by Gasteiger charge is -2.40. The average molecular weight is 378 g/mol. The quantitative estimate of drug-likeness (QED) is 0.816. The van der Waals surface area contributed by atoms with Gasteiger partial charge in [-0.2, -0.15) is 0 Å². The Kier molecular flexibility index (Phi) is 5.82. The monoisotopic (exact) mass is 377 g/mol. The van der Waals surface area contributed by atoms with E-state index in [1.165, 1.54) is 0 Å². The summed E-state index contributed by atoms with van der Waals surface area (Å²) in [5.74, 6) is 0. The Morgan fingerprint density at radius 3 is 2.35 bits per heavy atom. The first-order valence-corrected chi connectivity index (χ1v) is 9.73. The van der Waals surface area contributed by atoms with E-state index in [1.807, 2.05) is 17.1 Å². The smallest absolute Gasteiger partial charge is 0.249 e. The van der Waals surface area contributed by atoms with Crippen molar-refractivity contribution < 1.29 is 8.76 Å². The van der Waals surface area contributed by atoms with Gasteiger partial charge in [0, 0.05) is 37.2 Å². The molecule has 0 spiro atoms. The van der Waals surface area contributed by atoms with Crippen LogP contribution in [0.5, 0.6) is 0 Å². The van der Waals surface area contributed by atoms with Crippen molar-refractivity contribution in [3.63, 3.8) is 0 Å². The zero-order valence-corrected chi connectivity index (χ0v) is 15.2. The summed E-state index contributed by atoms with van der Waals surface area (Å²) in [6.07, 6.45) is 3.85. The van der Waals surface area contributed by atoms with Crippen LogP contribution in [-0.4, -0.2) is 50.4 Å². The van der Waals surface area contributed by atoms with Crippen LogP contribution in [0.4, 0.5) is 5.69 Å². The van der Waals surface area contributed by atoms with Gasteiger partial charge in [0.25, 0.3) is 0 Å². The molecule has 0 saturated carbocycles. The Bertz CT molecular complexity index is 576. The van der Waals surface area contributed by atoms with Crippen molar-refractivity contribution in [3.05, 3.63) is 28.2 Å². The standard InChI is InChI=1S/C15H21Cl2N3O2S/c16-12-3-4-15(14(17)11-12)18-9-5-13(6-10-18)20(23(21)22)19-7-1-2-8-19/h3-4,11,13H,1-2,5-10H2,(H,21,22). The Morgan fingerprint density at radius 1 is 1.13 bits per heavy atom. The molecule has 2 fully saturated rings. The fraction of sp³-hybridized carbons (Fsp3) is 0.600. The van der Waals surface area contributed by atoms with Crippen LogP contribution in [0.2, 0.25) is 10.0 Å². The van der Waals surface area contributed by atoms with Gasteiger partial charge in [0.2, 0.25) is 11.3 Å². The number of anilines is 1. The van der Waals surface area contributed by atoms with Gasteiger partial charge in [-0.15, -0.1) is 4.41 Å². The van der Waals surface area contributed by atoms with Gasteiger partial charge in [0.1, 0.15) is 0 Å². The van der Waals surface area contributed by atoms with Gasteiger partial charge in [-0.1, -0.05) is 23.2 Å². The van der Waals surface area contributed by atoms with Gasteiger partial charge in [0.15, 0.2) is 0 Å². The molecule has 1 aromatic carbocycles. The third-order valence-electron chi connectivity index (χ3n) is 4.55. The van der Waals surface area contributed by atoms with E-state index < -0.39 is 11.3 Å². The molecule has 1 atom stereocenters.